The van der Waals surface area contributed by atoms with Crippen molar-refractivity contribution in [3.05, 3.63) is 12.7 Å². The number of aliphatic carboxylic acids is 1. The molecule has 3 rings (SSSR count). The van der Waals surface area contributed by atoms with Crippen LogP contribution in [0, 0.1) is 11.8 Å². The molecule has 0 aliphatic carbocycles. The fourth-order valence-corrected chi connectivity index (χ4v) is 7.88. The first kappa shape index (κ1) is 22.2. The van der Waals surface area contributed by atoms with Crippen LogP contribution in [0.5, 0.6) is 0 Å². The molecule has 2 N–H and O–H groups in total. The Morgan fingerprint density at radius 3 is 2.52 bits per heavy atom. The zero-order valence-electron chi connectivity index (χ0n) is 17.8. The SMILES string of the molecule is C=CCN(C(=O)C1N([C@H](C)CO)C(=O)[C@@H]2[C@H](C(=O)O)[C@]3(C)CCC12S3)C(C)(C)C. The van der Waals surface area contributed by atoms with E-state index in [0.717, 1.165) is 0 Å². The van der Waals surface area contributed by atoms with E-state index in [2.05, 4.69) is 6.58 Å². The lowest BCUT2D eigenvalue weighted by molar-refractivity contribution is -0.151. The van der Waals surface area contributed by atoms with E-state index in [1.165, 1.54) is 16.7 Å². The van der Waals surface area contributed by atoms with E-state index in [4.69, 9.17) is 0 Å². The van der Waals surface area contributed by atoms with Crippen LogP contribution in [-0.2, 0) is 14.4 Å². The number of carbonyl (C=O) groups excluding carboxylic acids is 2. The minimum absolute atomic E-state index is 0.198. The maximum Gasteiger partial charge on any atom is 0.308 e. The van der Waals surface area contributed by atoms with E-state index in [-0.39, 0.29) is 18.4 Å². The van der Waals surface area contributed by atoms with Crippen molar-refractivity contribution >= 4 is 29.5 Å². The largest absolute Gasteiger partial charge is 0.481 e. The summed E-state index contributed by atoms with van der Waals surface area (Å²) in [5.41, 5.74) is -0.492. The van der Waals surface area contributed by atoms with Crippen molar-refractivity contribution in [2.24, 2.45) is 11.8 Å². The molecule has 0 aromatic carbocycles. The molecule has 8 heteroatoms. The van der Waals surface area contributed by atoms with Gasteiger partial charge in [0, 0.05) is 16.8 Å². The van der Waals surface area contributed by atoms with Gasteiger partial charge in [0.25, 0.3) is 0 Å². The molecule has 7 nitrogen and oxygen atoms in total. The molecule has 0 aromatic rings. The molecule has 3 fully saturated rings. The standard InChI is InChI=1S/C21H32N2O5S/c1-7-10-22(19(3,4)5)17(26)15-21-9-8-20(6,29-21)14(18(27)28)13(21)16(25)23(15)12(2)11-24/h7,12-15,24H,1,8-11H2,2-6H3,(H,27,28)/t12-,13+,14-,15?,20+,21?/m1/s1. The lowest BCUT2D eigenvalue weighted by Crippen LogP contribution is -2.60. The number of carboxylic acids is 1. The second kappa shape index (κ2) is 7.01. The molecule has 29 heavy (non-hydrogen) atoms. The summed E-state index contributed by atoms with van der Waals surface area (Å²) in [7, 11) is 0. The van der Waals surface area contributed by atoms with E-state index in [1.807, 2.05) is 27.7 Å². The summed E-state index contributed by atoms with van der Waals surface area (Å²) >= 11 is 1.51. The average molecular weight is 425 g/mol. The molecule has 1 spiro atoms. The van der Waals surface area contributed by atoms with Gasteiger partial charge >= 0.3 is 5.97 Å². The molecular formula is C21H32N2O5S. The van der Waals surface area contributed by atoms with Crippen molar-refractivity contribution in [1.82, 2.24) is 9.80 Å². The summed E-state index contributed by atoms with van der Waals surface area (Å²) in [6.07, 6.45) is 2.93. The van der Waals surface area contributed by atoms with Gasteiger partial charge in [0.05, 0.1) is 29.2 Å². The predicted octanol–water partition coefficient (Wildman–Crippen LogP) is 1.75. The van der Waals surface area contributed by atoms with Crippen LogP contribution in [0.1, 0.15) is 47.5 Å². The van der Waals surface area contributed by atoms with Gasteiger partial charge in [0.15, 0.2) is 0 Å². The molecule has 3 aliphatic rings. The molecule has 0 saturated carbocycles. The number of hydrogen-bond acceptors (Lipinski definition) is 5. The van der Waals surface area contributed by atoms with Crippen LogP contribution in [0.4, 0.5) is 0 Å². The second-order valence-electron chi connectivity index (χ2n) is 9.75. The summed E-state index contributed by atoms with van der Waals surface area (Å²) < 4.78 is -1.34. The number of hydrogen-bond donors (Lipinski definition) is 2. The number of carbonyl (C=O) groups is 3. The van der Waals surface area contributed by atoms with Crippen LogP contribution in [0.2, 0.25) is 0 Å². The average Bonchev–Trinajstić information content (AvgIpc) is 3.18. The molecule has 2 bridgehead atoms. The fraction of sp³-hybridized carbons (Fsp3) is 0.762. The first-order chi connectivity index (χ1) is 13.4. The Morgan fingerprint density at radius 2 is 2.03 bits per heavy atom. The van der Waals surface area contributed by atoms with Gasteiger partial charge in [-0.3, -0.25) is 14.4 Å². The molecule has 2 amide bonds. The third kappa shape index (κ3) is 3.02. The third-order valence-corrected chi connectivity index (χ3v) is 8.83. The van der Waals surface area contributed by atoms with E-state index in [1.54, 1.807) is 17.9 Å². The highest BCUT2D eigenvalue weighted by molar-refractivity contribution is 8.02. The maximum atomic E-state index is 13.9. The lowest BCUT2D eigenvalue weighted by atomic mass is 9.66. The number of nitrogens with zero attached hydrogens (tertiary/aromatic N) is 2. The quantitative estimate of drug-likeness (QED) is 0.631. The Hall–Kier alpha value is -1.54. The van der Waals surface area contributed by atoms with Crippen LogP contribution >= 0.6 is 11.8 Å². The zero-order chi connectivity index (χ0) is 21.9. The van der Waals surface area contributed by atoms with Crippen LogP contribution in [0.3, 0.4) is 0 Å². The summed E-state index contributed by atoms with van der Waals surface area (Å²) in [5.74, 6) is -3.08. The topological polar surface area (TPSA) is 98.2 Å². The van der Waals surface area contributed by atoms with Gasteiger partial charge < -0.3 is 20.0 Å². The Morgan fingerprint density at radius 1 is 1.41 bits per heavy atom. The van der Waals surface area contributed by atoms with E-state index in [9.17, 15) is 24.6 Å². The number of rotatable bonds is 6. The zero-order valence-corrected chi connectivity index (χ0v) is 18.7. The van der Waals surface area contributed by atoms with Crippen molar-refractivity contribution in [1.29, 1.82) is 0 Å². The molecule has 0 aromatic heterocycles. The van der Waals surface area contributed by atoms with Gasteiger partial charge in [-0.15, -0.1) is 18.3 Å². The van der Waals surface area contributed by atoms with Gasteiger partial charge in [-0.25, -0.2) is 0 Å². The maximum absolute atomic E-state index is 13.9. The Labute approximate surface area is 176 Å². The second-order valence-corrected chi connectivity index (χ2v) is 11.6. The molecule has 3 heterocycles. The Balaban J connectivity index is 2.15. The van der Waals surface area contributed by atoms with E-state index >= 15 is 0 Å². The number of aliphatic hydroxyl groups is 1. The van der Waals surface area contributed by atoms with Crippen LogP contribution in [-0.4, -0.2) is 78.1 Å². The van der Waals surface area contributed by atoms with Gasteiger partial charge in [-0.2, -0.15) is 0 Å². The number of fused-ring (bicyclic) bond motifs is 1. The normalized spacial score (nSPS) is 36.8. The highest BCUT2D eigenvalue weighted by Crippen LogP contribution is 2.71. The van der Waals surface area contributed by atoms with Crippen LogP contribution < -0.4 is 0 Å². The lowest BCUT2D eigenvalue weighted by Gasteiger charge is -2.43. The third-order valence-electron chi connectivity index (χ3n) is 6.84. The molecular weight excluding hydrogens is 392 g/mol. The number of carboxylic acid groups (broad SMARTS) is 1. The minimum Gasteiger partial charge on any atom is -0.481 e. The van der Waals surface area contributed by atoms with Gasteiger partial charge in [0.2, 0.25) is 11.8 Å². The summed E-state index contributed by atoms with van der Waals surface area (Å²) in [6.45, 7) is 13.2. The molecule has 6 atom stereocenters. The number of thioether (sulfide) groups is 1. The minimum atomic E-state index is -0.983. The van der Waals surface area contributed by atoms with Crippen molar-refractivity contribution in [3.63, 3.8) is 0 Å². The molecule has 0 radical (unpaired) electrons. The highest BCUT2D eigenvalue weighted by atomic mass is 32.2. The van der Waals surface area contributed by atoms with Crippen LogP contribution in [0.25, 0.3) is 0 Å². The van der Waals surface area contributed by atoms with Gasteiger partial charge in [-0.1, -0.05) is 6.08 Å². The Bertz CT molecular complexity index is 750. The fourth-order valence-electron chi connectivity index (χ4n) is 5.55. The molecule has 2 unspecified atom stereocenters. The van der Waals surface area contributed by atoms with Gasteiger partial charge in [-0.05, 0) is 47.5 Å². The first-order valence-electron chi connectivity index (χ1n) is 10.1. The van der Waals surface area contributed by atoms with Crippen molar-refractivity contribution in [2.75, 3.05) is 13.2 Å². The predicted molar refractivity (Wildman–Crippen MR) is 111 cm³/mol. The van der Waals surface area contributed by atoms with Gasteiger partial charge in [0.1, 0.15) is 6.04 Å². The van der Waals surface area contributed by atoms with E-state index < -0.39 is 44.9 Å². The van der Waals surface area contributed by atoms with Crippen molar-refractivity contribution in [3.8, 4) is 0 Å². The monoisotopic (exact) mass is 424 g/mol. The number of likely N-dealkylation sites (tertiary alicyclic amines) is 1. The molecule has 3 aliphatic heterocycles. The first-order valence-corrected chi connectivity index (χ1v) is 11.0. The summed E-state index contributed by atoms with van der Waals surface area (Å²) in [4.78, 5) is 42.8. The number of aliphatic hydroxyl groups excluding tert-OH is 1. The van der Waals surface area contributed by atoms with Crippen LogP contribution in [0.15, 0.2) is 12.7 Å². The van der Waals surface area contributed by atoms with Crippen molar-refractivity contribution < 1.29 is 24.6 Å². The highest BCUT2D eigenvalue weighted by Gasteiger charge is 2.78. The molecule has 3 saturated heterocycles. The van der Waals surface area contributed by atoms with Crippen molar-refractivity contribution in [2.45, 2.75) is 74.6 Å². The Kier molecular flexibility index (Phi) is 5.36. The van der Waals surface area contributed by atoms with E-state index in [0.29, 0.717) is 19.4 Å². The smallest absolute Gasteiger partial charge is 0.308 e. The summed E-state index contributed by atoms with van der Waals surface area (Å²) in [6, 6.07) is -1.36. The summed E-state index contributed by atoms with van der Waals surface area (Å²) in [5, 5.41) is 19.8. The molecule has 162 valence electrons. The number of amides is 2.